The van der Waals surface area contributed by atoms with E-state index in [2.05, 4.69) is 17.4 Å². The first-order valence-electron chi connectivity index (χ1n) is 12.3. The molecule has 1 heterocycles. The number of fused-ring (bicyclic) bond motifs is 3. The van der Waals surface area contributed by atoms with Gasteiger partial charge >= 0.3 is 12.1 Å². The van der Waals surface area contributed by atoms with Crippen LogP contribution in [0.5, 0.6) is 0 Å². The molecule has 0 saturated carbocycles. The van der Waals surface area contributed by atoms with Gasteiger partial charge in [0.15, 0.2) is 6.10 Å². The fraction of sp³-hybridized carbons (Fsp3) is 0.276. The van der Waals surface area contributed by atoms with Crippen LogP contribution in [0.1, 0.15) is 29.0 Å². The maximum atomic E-state index is 13.3. The van der Waals surface area contributed by atoms with Crippen molar-refractivity contribution in [3.05, 3.63) is 95.6 Å². The van der Waals surface area contributed by atoms with E-state index in [4.69, 9.17) is 9.47 Å². The van der Waals surface area contributed by atoms with Gasteiger partial charge in [-0.25, -0.2) is 4.79 Å². The minimum Gasteiger partial charge on any atom is -0.480 e. The number of nitrogens with one attached hydrogen (secondary N) is 1. The van der Waals surface area contributed by atoms with Crippen molar-refractivity contribution in [2.24, 2.45) is 0 Å². The molecule has 8 heteroatoms. The number of carbonyl (C=O) groups is 3. The maximum absolute atomic E-state index is 13.3. The highest BCUT2D eigenvalue weighted by Gasteiger charge is 2.39. The number of carboxylic acid groups (broad SMARTS) is 1. The Morgan fingerprint density at radius 3 is 2.19 bits per heavy atom. The molecule has 190 valence electrons. The predicted octanol–water partition coefficient (Wildman–Crippen LogP) is 3.80. The summed E-state index contributed by atoms with van der Waals surface area (Å²) in [7, 11) is 0. The lowest BCUT2D eigenvalue weighted by Gasteiger charge is -2.27. The molecule has 3 aromatic carbocycles. The van der Waals surface area contributed by atoms with Crippen LogP contribution in [-0.4, -0.2) is 59.9 Å². The number of alkyl carbamates (subject to hydrolysis) is 1. The van der Waals surface area contributed by atoms with E-state index < -0.39 is 36.7 Å². The van der Waals surface area contributed by atoms with E-state index in [0.29, 0.717) is 6.42 Å². The summed E-state index contributed by atoms with van der Waals surface area (Å²) in [6.07, 6.45) is -1.20. The van der Waals surface area contributed by atoms with E-state index in [-0.39, 0.29) is 25.7 Å². The number of amides is 2. The minimum atomic E-state index is -1.12. The van der Waals surface area contributed by atoms with Crippen molar-refractivity contribution in [2.75, 3.05) is 19.8 Å². The van der Waals surface area contributed by atoms with Crippen molar-refractivity contribution in [3.63, 3.8) is 0 Å². The van der Waals surface area contributed by atoms with Crippen molar-refractivity contribution in [1.29, 1.82) is 0 Å². The number of hydrogen-bond donors (Lipinski definition) is 2. The Hall–Kier alpha value is -4.17. The molecule has 1 aliphatic carbocycles. The average molecular weight is 501 g/mol. The molecule has 2 N–H and O–H groups in total. The molecule has 0 radical (unpaired) electrons. The highest BCUT2D eigenvalue weighted by molar-refractivity contribution is 5.86. The van der Waals surface area contributed by atoms with Gasteiger partial charge in [0.2, 0.25) is 0 Å². The van der Waals surface area contributed by atoms with E-state index in [1.54, 1.807) is 0 Å². The standard InChI is InChI=1S/C29H28N2O6/c32-26(33)17-31(16-19-8-2-1-3-9-19)28(34)27-25(14-15-36-27)30-29(35)37-18-24-22-12-6-4-10-20(22)21-11-5-7-13-23(21)24/h1-13,24-25,27H,14-18H2,(H,30,35)(H,32,33). The lowest BCUT2D eigenvalue weighted by atomic mass is 9.98. The molecular formula is C29H28N2O6. The summed E-state index contributed by atoms with van der Waals surface area (Å²) in [5.74, 6) is -1.68. The Balaban J connectivity index is 1.23. The van der Waals surface area contributed by atoms with E-state index in [1.165, 1.54) is 4.90 Å². The van der Waals surface area contributed by atoms with Crippen molar-refractivity contribution < 1.29 is 29.0 Å². The minimum absolute atomic E-state index is 0.0765. The zero-order valence-electron chi connectivity index (χ0n) is 20.2. The van der Waals surface area contributed by atoms with Crippen LogP contribution >= 0.6 is 0 Å². The number of rotatable bonds is 8. The average Bonchev–Trinajstić information content (AvgIpc) is 3.49. The number of nitrogens with zero attached hydrogens (tertiary/aromatic N) is 1. The molecule has 1 aliphatic heterocycles. The van der Waals surface area contributed by atoms with E-state index in [9.17, 15) is 19.5 Å². The summed E-state index contributed by atoms with van der Waals surface area (Å²) >= 11 is 0. The number of hydrogen-bond acceptors (Lipinski definition) is 5. The van der Waals surface area contributed by atoms with E-state index >= 15 is 0 Å². The van der Waals surface area contributed by atoms with Gasteiger partial charge in [-0.1, -0.05) is 78.9 Å². The Morgan fingerprint density at radius 2 is 1.54 bits per heavy atom. The zero-order chi connectivity index (χ0) is 25.8. The van der Waals surface area contributed by atoms with Crippen LogP contribution < -0.4 is 5.32 Å². The molecule has 0 spiro atoms. The number of aliphatic carboxylic acids is 1. The van der Waals surface area contributed by atoms with Crippen molar-refractivity contribution in [1.82, 2.24) is 10.2 Å². The topological polar surface area (TPSA) is 105 Å². The SMILES string of the molecule is O=C(O)CN(Cc1ccccc1)C(=O)C1OCCC1NC(=O)OCC1c2ccccc2-c2ccccc21. The van der Waals surface area contributed by atoms with E-state index in [1.807, 2.05) is 66.7 Å². The van der Waals surface area contributed by atoms with Crippen molar-refractivity contribution >= 4 is 18.0 Å². The fourth-order valence-electron chi connectivity index (χ4n) is 5.13. The van der Waals surface area contributed by atoms with E-state index in [0.717, 1.165) is 27.8 Å². The predicted molar refractivity (Wildman–Crippen MR) is 136 cm³/mol. The smallest absolute Gasteiger partial charge is 0.407 e. The second-order valence-corrected chi connectivity index (χ2v) is 9.23. The van der Waals surface area contributed by atoms with Crippen LogP contribution in [0.25, 0.3) is 11.1 Å². The molecule has 8 nitrogen and oxygen atoms in total. The van der Waals surface area contributed by atoms with Gasteiger partial charge in [0.25, 0.3) is 5.91 Å². The third-order valence-electron chi connectivity index (χ3n) is 6.84. The first-order chi connectivity index (χ1) is 18.0. The van der Waals surface area contributed by atoms with Crippen LogP contribution in [0.4, 0.5) is 4.79 Å². The molecule has 37 heavy (non-hydrogen) atoms. The zero-order valence-corrected chi connectivity index (χ0v) is 20.2. The lowest BCUT2D eigenvalue weighted by molar-refractivity contribution is -0.150. The number of ether oxygens (including phenoxy) is 2. The van der Waals surface area contributed by atoms with Crippen LogP contribution in [0.3, 0.4) is 0 Å². The molecule has 0 aromatic heterocycles. The Labute approximate surface area is 214 Å². The second kappa shape index (κ2) is 10.8. The normalized spacial score (nSPS) is 18.1. The lowest BCUT2D eigenvalue weighted by Crippen LogP contribution is -2.50. The molecule has 2 atom stereocenters. The Kier molecular flexibility index (Phi) is 7.18. The summed E-state index contributed by atoms with van der Waals surface area (Å²) in [6.45, 7) is 0.0942. The number of carboxylic acids is 1. The molecule has 0 bridgehead atoms. The van der Waals surface area contributed by atoms with Crippen LogP contribution in [0, 0.1) is 0 Å². The Morgan fingerprint density at radius 1 is 0.919 bits per heavy atom. The van der Waals surface area contributed by atoms with Gasteiger partial charge in [-0.05, 0) is 34.2 Å². The van der Waals surface area contributed by atoms with Gasteiger partial charge in [0, 0.05) is 19.1 Å². The summed E-state index contributed by atoms with van der Waals surface area (Å²) in [5, 5.41) is 12.1. The first-order valence-corrected chi connectivity index (χ1v) is 12.3. The van der Waals surface area contributed by atoms with Crippen LogP contribution in [-0.2, 0) is 25.6 Å². The molecule has 2 aliphatic rings. The summed E-state index contributed by atoms with van der Waals surface area (Å²) in [5.41, 5.74) is 5.30. The quantitative estimate of drug-likeness (QED) is 0.488. The largest absolute Gasteiger partial charge is 0.480 e. The van der Waals surface area contributed by atoms with Crippen LogP contribution in [0.15, 0.2) is 78.9 Å². The molecule has 1 fully saturated rings. The summed E-state index contributed by atoms with van der Waals surface area (Å²) in [4.78, 5) is 38.7. The molecule has 2 amide bonds. The van der Waals surface area contributed by atoms with Crippen molar-refractivity contribution in [2.45, 2.75) is 31.0 Å². The fourth-order valence-corrected chi connectivity index (χ4v) is 5.13. The summed E-state index contributed by atoms with van der Waals surface area (Å²) in [6, 6.07) is 24.7. The molecule has 3 aromatic rings. The maximum Gasteiger partial charge on any atom is 0.407 e. The highest BCUT2D eigenvalue weighted by atomic mass is 16.6. The van der Waals surface area contributed by atoms with Crippen molar-refractivity contribution in [3.8, 4) is 11.1 Å². The molecular weight excluding hydrogens is 472 g/mol. The van der Waals surface area contributed by atoms with Crippen LogP contribution in [0.2, 0.25) is 0 Å². The number of carbonyl (C=O) groups excluding carboxylic acids is 2. The summed E-state index contributed by atoms with van der Waals surface area (Å²) < 4.78 is 11.3. The first kappa shape index (κ1) is 24.5. The van der Waals surface area contributed by atoms with Gasteiger partial charge in [-0.15, -0.1) is 0 Å². The monoisotopic (exact) mass is 500 g/mol. The van der Waals surface area contributed by atoms with Gasteiger partial charge in [0.1, 0.15) is 13.2 Å². The molecule has 1 saturated heterocycles. The Bertz CT molecular complexity index is 1250. The van der Waals surface area contributed by atoms with Gasteiger partial charge in [-0.3, -0.25) is 9.59 Å². The molecule has 5 rings (SSSR count). The molecule has 2 unspecified atom stereocenters. The van der Waals surface area contributed by atoms with Gasteiger partial charge in [0.05, 0.1) is 6.04 Å². The third kappa shape index (κ3) is 5.34. The highest BCUT2D eigenvalue weighted by Crippen LogP contribution is 2.44. The van der Waals surface area contributed by atoms with Gasteiger partial charge in [-0.2, -0.15) is 0 Å². The van der Waals surface area contributed by atoms with Gasteiger partial charge < -0.3 is 24.8 Å². The third-order valence-corrected chi connectivity index (χ3v) is 6.84. The second-order valence-electron chi connectivity index (χ2n) is 9.23. The number of benzene rings is 3.